The number of carbonyl (C=O) groups excluding carboxylic acids is 2. The van der Waals surface area contributed by atoms with Crippen LogP contribution in [0.3, 0.4) is 0 Å². The minimum Gasteiger partial charge on any atom is -0.496 e. The summed E-state index contributed by atoms with van der Waals surface area (Å²) in [4.78, 5) is 29.8. The number of rotatable bonds is 5. The summed E-state index contributed by atoms with van der Waals surface area (Å²) in [7, 11) is 2.84. The molecule has 3 aromatic carbocycles. The zero-order chi connectivity index (χ0) is 25.4. The third-order valence-electron chi connectivity index (χ3n) is 7.12. The zero-order valence-corrected chi connectivity index (χ0v) is 21.3. The highest BCUT2D eigenvalue weighted by molar-refractivity contribution is 9.10. The Morgan fingerprint density at radius 3 is 2.42 bits per heavy atom. The molecule has 7 heteroatoms. The molecule has 36 heavy (non-hydrogen) atoms. The van der Waals surface area contributed by atoms with Gasteiger partial charge in [-0.25, -0.2) is 0 Å². The van der Waals surface area contributed by atoms with Gasteiger partial charge in [0.2, 0.25) is 0 Å². The van der Waals surface area contributed by atoms with Gasteiger partial charge in [-0.3, -0.25) is 9.59 Å². The van der Waals surface area contributed by atoms with Gasteiger partial charge in [-0.2, -0.15) is 5.26 Å². The lowest BCUT2D eigenvalue weighted by molar-refractivity contribution is -0.150. The Balaban J connectivity index is 1.79. The Bertz CT molecular complexity index is 1410. The summed E-state index contributed by atoms with van der Waals surface area (Å²) in [6, 6.07) is 22.9. The maximum Gasteiger partial charge on any atom is 0.329 e. The average Bonchev–Trinajstić information content (AvgIpc) is 3.24. The number of carbonyl (C=O) groups is 2. The Morgan fingerprint density at radius 1 is 1.03 bits per heavy atom. The third-order valence-corrected chi connectivity index (χ3v) is 7.74. The van der Waals surface area contributed by atoms with Crippen LogP contribution in [0.15, 0.2) is 83.3 Å². The molecule has 4 atom stereocenters. The first kappa shape index (κ1) is 23.8. The Kier molecular flexibility index (Phi) is 6.15. The van der Waals surface area contributed by atoms with Gasteiger partial charge in [-0.1, -0.05) is 60.7 Å². The molecule has 1 saturated heterocycles. The first-order chi connectivity index (χ1) is 17.5. The van der Waals surface area contributed by atoms with Crippen molar-refractivity contribution in [3.05, 3.63) is 100 Å². The molecule has 0 saturated carbocycles. The highest BCUT2D eigenvalue weighted by Gasteiger charge is 2.67. The van der Waals surface area contributed by atoms with E-state index < -0.39 is 29.4 Å². The van der Waals surface area contributed by atoms with Crippen molar-refractivity contribution in [3.63, 3.8) is 0 Å². The number of nitriles is 1. The van der Waals surface area contributed by atoms with Crippen LogP contribution in [0.5, 0.6) is 5.75 Å². The minimum atomic E-state index is -1.65. The van der Waals surface area contributed by atoms with Crippen LogP contribution in [-0.4, -0.2) is 38.1 Å². The lowest BCUT2D eigenvalue weighted by atomic mass is 9.68. The summed E-state index contributed by atoms with van der Waals surface area (Å²) >= 11 is 3.48. The zero-order valence-electron chi connectivity index (χ0n) is 19.7. The van der Waals surface area contributed by atoms with Crippen LogP contribution >= 0.6 is 15.9 Å². The summed E-state index contributed by atoms with van der Waals surface area (Å²) in [5.41, 5.74) is 1.21. The van der Waals surface area contributed by atoms with Crippen LogP contribution < -0.4 is 9.64 Å². The van der Waals surface area contributed by atoms with Gasteiger partial charge in [0, 0.05) is 17.2 Å². The van der Waals surface area contributed by atoms with Crippen LogP contribution in [0.2, 0.25) is 0 Å². The Labute approximate surface area is 217 Å². The quantitative estimate of drug-likeness (QED) is 0.317. The van der Waals surface area contributed by atoms with Crippen molar-refractivity contribution < 1.29 is 19.1 Å². The van der Waals surface area contributed by atoms with E-state index in [0.29, 0.717) is 15.8 Å². The smallest absolute Gasteiger partial charge is 0.329 e. The van der Waals surface area contributed by atoms with E-state index in [1.54, 1.807) is 25.3 Å². The molecule has 5 rings (SSSR count). The standard InChI is InChI=1S/C29H23BrN2O4/c1-35-23-14-12-20(16-21(23)30)27(33)26-25(19-9-4-3-5-10-19)29(17-31,28(34)36-2)24-15-13-18-8-6-7-11-22(18)32(24)26/h3-16,24-26H,1-2H3/t24-,25+,26-,29+/m1/s1. The molecule has 0 radical (unpaired) electrons. The highest BCUT2D eigenvalue weighted by atomic mass is 79.9. The van der Waals surface area contributed by atoms with Crippen LogP contribution in [0.1, 0.15) is 27.4 Å². The Hall–Kier alpha value is -3.89. The molecule has 0 spiro atoms. The topological polar surface area (TPSA) is 79.6 Å². The van der Waals surface area contributed by atoms with Gasteiger partial charge in [0.1, 0.15) is 11.8 Å². The van der Waals surface area contributed by atoms with Gasteiger partial charge in [0.05, 0.1) is 30.8 Å². The second kappa shape index (κ2) is 9.29. The number of ether oxygens (including phenoxy) is 2. The van der Waals surface area contributed by atoms with Crippen molar-refractivity contribution in [1.29, 1.82) is 5.26 Å². The summed E-state index contributed by atoms with van der Waals surface area (Å²) in [6.07, 6.45) is 3.75. The Morgan fingerprint density at radius 2 is 1.75 bits per heavy atom. The van der Waals surface area contributed by atoms with Gasteiger partial charge in [0.25, 0.3) is 0 Å². The minimum absolute atomic E-state index is 0.205. The second-order valence-corrected chi connectivity index (χ2v) is 9.64. The molecule has 0 aromatic heterocycles. The molecule has 0 aliphatic carbocycles. The van der Waals surface area contributed by atoms with Crippen molar-refractivity contribution in [2.24, 2.45) is 5.41 Å². The fourth-order valence-electron chi connectivity index (χ4n) is 5.56. The fraction of sp³-hybridized carbons (Fsp3) is 0.207. The molecule has 0 bridgehead atoms. The van der Waals surface area contributed by atoms with E-state index in [-0.39, 0.29) is 5.78 Å². The van der Waals surface area contributed by atoms with Crippen molar-refractivity contribution >= 4 is 39.4 Å². The average molecular weight is 543 g/mol. The van der Waals surface area contributed by atoms with Crippen LogP contribution in [0.25, 0.3) is 6.08 Å². The number of ketones is 1. The maximum absolute atomic E-state index is 14.4. The number of nitrogens with zero attached hydrogens (tertiary/aromatic N) is 2. The van der Waals surface area contributed by atoms with Gasteiger partial charge in [0.15, 0.2) is 11.2 Å². The van der Waals surface area contributed by atoms with E-state index in [4.69, 9.17) is 9.47 Å². The lowest BCUT2D eigenvalue weighted by Gasteiger charge is -2.36. The van der Waals surface area contributed by atoms with E-state index in [9.17, 15) is 14.9 Å². The summed E-state index contributed by atoms with van der Waals surface area (Å²) in [5, 5.41) is 10.7. The molecule has 6 nitrogen and oxygen atoms in total. The molecule has 0 N–H and O–H groups in total. The van der Waals surface area contributed by atoms with Crippen molar-refractivity contribution in [1.82, 2.24) is 0 Å². The first-order valence-corrected chi connectivity index (χ1v) is 12.2. The van der Waals surface area contributed by atoms with E-state index in [0.717, 1.165) is 16.8 Å². The van der Waals surface area contributed by atoms with E-state index >= 15 is 0 Å². The lowest BCUT2D eigenvalue weighted by Crippen LogP contribution is -2.46. The van der Waals surface area contributed by atoms with E-state index in [1.165, 1.54) is 7.11 Å². The predicted octanol–water partition coefficient (Wildman–Crippen LogP) is 5.39. The monoisotopic (exact) mass is 542 g/mol. The molecule has 2 aliphatic heterocycles. The third kappa shape index (κ3) is 3.44. The SMILES string of the molecule is COC(=O)[C@]1(C#N)[C@@H](c2ccccc2)[C@H](C(=O)c2ccc(OC)c(Br)c2)N2c3ccccc3C=C[C@@H]21. The van der Waals surface area contributed by atoms with Crippen molar-refractivity contribution in [2.75, 3.05) is 19.1 Å². The van der Waals surface area contributed by atoms with Crippen LogP contribution in [0, 0.1) is 16.7 Å². The first-order valence-electron chi connectivity index (χ1n) is 11.5. The number of benzene rings is 3. The number of anilines is 1. The molecule has 2 aliphatic rings. The number of para-hydroxylation sites is 1. The molecule has 0 amide bonds. The number of hydrogen-bond acceptors (Lipinski definition) is 6. The number of fused-ring (bicyclic) bond motifs is 3. The van der Waals surface area contributed by atoms with E-state index in [2.05, 4.69) is 22.0 Å². The molecule has 180 valence electrons. The molecule has 1 fully saturated rings. The summed E-state index contributed by atoms with van der Waals surface area (Å²) < 4.78 is 11.2. The van der Waals surface area contributed by atoms with Crippen LogP contribution in [0.4, 0.5) is 5.69 Å². The van der Waals surface area contributed by atoms with Gasteiger partial charge in [-0.05, 0) is 51.3 Å². The number of Topliss-reactive ketones (excluding diaryl/α,β-unsaturated/α-hetero) is 1. The normalized spacial score (nSPS) is 23.8. The van der Waals surface area contributed by atoms with Crippen LogP contribution in [-0.2, 0) is 9.53 Å². The van der Waals surface area contributed by atoms with Gasteiger partial charge >= 0.3 is 5.97 Å². The molecule has 2 heterocycles. The molecular weight excluding hydrogens is 520 g/mol. The molecule has 0 unspecified atom stereocenters. The number of methoxy groups -OCH3 is 2. The maximum atomic E-state index is 14.4. The second-order valence-electron chi connectivity index (χ2n) is 8.79. The number of halogens is 1. The van der Waals surface area contributed by atoms with Crippen molar-refractivity contribution in [3.8, 4) is 11.8 Å². The summed E-state index contributed by atoms with van der Waals surface area (Å²) in [6.45, 7) is 0. The van der Waals surface area contributed by atoms with Crippen molar-refractivity contribution in [2.45, 2.75) is 18.0 Å². The summed E-state index contributed by atoms with van der Waals surface area (Å²) in [5.74, 6) is -1.06. The number of hydrogen-bond donors (Lipinski definition) is 0. The number of esters is 1. The highest BCUT2D eigenvalue weighted by Crippen LogP contribution is 2.56. The van der Waals surface area contributed by atoms with Gasteiger partial charge in [-0.15, -0.1) is 0 Å². The fourth-order valence-corrected chi connectivity index (χ4v) is 6.10. The largest absolute Gasteiger partial charge is 0.496 e. The van der Waals surface area contributed by atoms with Gasteiger partial charge < -0.3 is 14.4 Å². The van der Waals surface area contributed by atoms with E-state index in [1.807, 2.05) is 71.6 Å². The molecular formula is C29H23BrN2O4. The molecule has 3 aromatic rings. The predicted molar refractivity (Wildman–Crippen MR) is 140 cm³/mol.